The Morgan fingerprint density at radius 2 is 1.31 bits per heavy atom. The highest BCUT2D eigenvalue weighted by Gasteiger charge is 2.54. The van der Waals surface area contributed by atoms with Crippen LogP contribution in [0.25, 0.3) is 0 Å². The molecule has 0 bridgehead atoms. The average Bonchev–Trinajstić information content (AvgIpc) is 2.99. The highest BCUT2D eigenvalue weighted by molar-refractivity contribution is 5.95. The highest BCUT2D eigenvalue weighted by atomic mass is 16.6. The summed E-state index contributed by atoms with van der Waals surface area (Å²) in [6.07, 6.45) is -8.57. The number of carbonyl (C=O) groups is 3. The lowest BCUT2D eigenvalue weighted by Crippen LogP contribution is -2.59. The van der Waals surface area contributed by atoms with Gasteiger partial charge >= 0.3 is 17.9 Å². The number of benzene rings is 3. The van der Waals surface area contributed by atoms with Crippen LogP contribution in [0, 0.1) is 0 Å². The van der Waals surface area contributed by atoms with Crippen LogP contribution < -0.4 is 4.74 Å². The molecule has 2 heterocycles. The van der Waals surface area contributed by atoms with Gasteiger partial charge in [-0.3, -0.25) is 0 Å². The van der Waals surface area contributed by atoms with Gasteiger partial charge in [-0.2, -0.15) is 0 Å². The van der Waals surface area contributed by atoms with E-state index in [1.807, 2.05) is 0 Å². The van der Waals surface area contributed by atoms with Gasteiger partial charge in [0, 0.05) is 5.56 Å². The molecule has 0 aromatic heterocycles. The van der Waals surface area contributed by atoms with Crippen molar-refractivity contribution in [2.24, 2.45) is 0 Å². The fourth-order valence-corrected chi connectivity index (χ4v) is 4.95. The number of ether oxygens (including phenoxy) is 5. The van der Waals surface area contributed by atoms with E-state index in [2.05, 4.69) is 0 Å². The number of carbonyl (C=O) groups excluding carboxylic acids is 3. The summed E-state index contributed by atoms with van der Waals surface area (Å²) < 4.78 is 26.8. The van der Waals surface area contributed by atoms with Crippen LogP contribution in [0.15, 0.2) is 30.3 Å². The molecule has 0 radical (unpaired) electrons. The van der Waals surface area contributed by atoms with E-state index in [4.69, 9.17) is 23.7 Å². The number of aromatic hydroxyl groups is 8. The Labute approximate surface area is 250 Å². The normalized spacial score (nSPS) is 22.0. The fraction of sp³-hybridized carbons (Fsp3) is 0.250. The third kappa shape index (κ3) is 5.30. The van der Waals surface area contributed by atoms with Crippen molar-refractivity contribution in [1.29, 1.82) is 0 Å². The van der Waals surface area contributed by atoms with Gasteiger partial charge in [-0.25, -0.2) is 14.4 Å². The molecule has 1 saturated heterocycles. The molecule has 5 atom stereocenters. The molecule has 1 fully saturated rings. The molecule has 5 rings (SSSR count). The predicted octanol–water partition coefficient (Wildman–Crippen LogP) is 0.762. The van der Waals surface area contributed by atoms with Crippen LogP contribution in [0.1, 0.15) is 42.7 Å². The molecule has 17 nitrogen and oxygen atoms in total. The van der Waals surface area contributed by atoms with E-state index in [0.717, 1.165) is 37.4 Å². The summed E-state index contributed by atoms with van der Waals surface area (Å²) >= 11 is 0. The molecule has 0 spiro atoms. The Balaban J connectivity index is 1.50. The Bertz CT molecular complexity index is 1670. The second-order valence-electron chi connectivity index (χ2n) is 9.89. The summed E-state index contributed by atoms with van der Waals surface area (Å²) in [4.78, 5) is 38.6. The summed E-state index contributed by atoms with van der Waals surface area (Å²) in [7, 11) is 1.12. The minimum atomic E-state index is -1.95. The minimum Gasteiger partial charge on any atom is -0.504 e. The molecule has 0 amide bonds. The van der Waals surface area contributed by atoms with Gasteiger partial charge in [0.2, 0.25) is 5.75 Å². The third-order valence-electron chi connectivity index (χ3n) is 7.12. The van der Waals surface area contributed by atoms with E-state index in [1.54, 1.807) is 0 Å². The summed E-state index contributed by atoms with van der Waals surface area (Å²) in [5.74, 6) is -10.7. The van der Waals surface area contributed by atoms with Gasteiger partial charge in [-0.1, -0.05) is 0 Å². The monoisotopic (exact) mass is 632 g/mol. The van der Waals surface area contributed by atoms with Gasteiger partial charge in [0.25, 0.3) is 0 Å². The molecule has 3 aromatic carbocycles. The van der Waals surface area contributed by atoms with Crippen molar-refractivity contribution in [3.8, 4) is 51.7 Å². The van der Waals surface area contributed by atoms with E-state index in [-0.39, 0.29) is 11.1 Å². The largest absolute Gasteiger partial charge is 0.504 e. The van der Waals surface area contributed by atoms with Gasteiger partial charge in [-0.05, 0) is 30.3 Å². The van der Waals surface area contributed by atoms with Crippen molar-refractivity contribution in [3.05, 3.63) is 52.6 Å². The Morgan fingerprint density at radius 1 is 0.778 bits per heavy atom. The quantitative estimate of drug-likeness (QED) is 0.103. The maximum absolute atomic E-state index is 13.0. The molecule has 0 aliphatic carbocycles. The molecule has 45 heavy (non-hydrogen) atoms. The molecule has 0 saturated carbocycles. The van der Waals surface area contributed by atoms with Crippen molar-refractivity contribution in [2.75, 3.05) is 13.7 Å². The number of aliphatic hydroxyl groups is 1. The molecule has 17 heteroatoms. The summed E-state index contributed by atoms with van der Waals surface area (Å²) in [5, 5.41) is 90.6. The Hall–Kier alpha value is -5.81. The van der Waals surface area contributed by atoms with Gasteiger partial charge in [-0.15, -0.1) is 0 Å². The lowest BCUT2D eigenvalue weighted by molar-refractivity contribution is -0.235. The molecule has 2 aliphatic heterocycles. The zero-order valence-corrected chi connectivity index (χ0v) is 22.8. The minimum absolute atomic E-state index is 0.284. The second-order valence-corrected chi connectivity index (χ2v) is 9.89. The molecule has 9 N–H and O–H groups in total. The van der Waals surface area contributed by atoms with Crippen molar-refractivity contribution in [1.82, 2.24) is 0 Å². The number of phenolic OH excluding ortho intramolecular Hbond substituents is 8. The molecular formula is C28H24O17. The van der Waals surface area contributed by atoms with E-state index < -0.39 is 118 Å². The van der Waals surface area contributed by atoms with Crippen molar-refractivity contribution in [3.63, 3.8) is 0 Å². The van der Waals surface area contributed by atoms with E-state index in [1.165, 1.54) is 0 Å². The van der Waals surface area contributed by atoms with Crippen LogP contribution in [-0.4, -0.2) is 102 Å². The number of methoxy groups -OCH3 is 1. The first-order valence-electron chi connectivity index (χ1n) is 12.8. The summed E-state index contributed by atoms with van der Waals surface area (Å²) in [5.41, 5.74) is -1.59. The summed E-state index contributed by atoms with van der Waals surface area (Å²) in [6, 6.07) is 3.96. The standard InChI is InChI=1S/C28H24O17/c1-41-22-15(33)6-10-17(20(22)36)24-25(45-28(10)40)21(37)23(44-27(39)9-4-13(31)19(35)14(32)5-9)16(43-24)7-42-26(38)8-2-11(29)18(34)12(30)3-8/h2-6,16,21,23-25,29-37H,7H2,1H3/t16-,21+,23-,24+,25-/m1/s1. The predicted molar refractivity (Wildman–Crippen MR) is 142 cm³/mol. The first-order valence-corrected chi connectivity index (χ1v) is 12.8. The molecule has 238 valence electrons. The number of fused-ring (bicyclic) bond motifs is 3. The number of esters is 3. The highest BCUT2D eigenvalue weighted by Crippen LogP contribution is 2.50. The van der Waals surface area contributed by atoms with Crippen LogP contribution in [-0.2, 0) is 18.9 Å². The van der Waals surface area contributed by atoms with Gasteiger partial charge in [0.1, 0.15) is 24.9 Å². The number of hydrogen-bond donors (Lipinski definition) is 9. The smallest absolute Gasteiger partial charge is 0.339 e. The second kappa shape index (κ2) is 11.4. The van der Waals surface area contributed by atoms with Gasteiger partial charge < -0.3 is 69.6 Å². The summed E-state index contributed by atoms with van der Waals surface area (Å²) in [6.45, 7) is -0.829. The van der Waals surface area contributed by atoms with E-state index >= 15 is 0 Å². The van der Waals surface area contributed by atoms with E-state index in [0.29, 0.717) is 0 Å². The van der Waals surface area contributed by atoms with Crippen LogP contribution in [0.3, 0.4) is 0 Å². The number of phenols is 8. The number of hydrogen-bond acceptors (Lipinski definition) is 17. The van der Waals surface area contributed by atoms with Crippen molar-refractivity contribution >= 4 is 17.9 Å². The first-order chi connectivity index (χ1) is 21.2. The Morgan fingerprint density at radius 3 is 1.84 bits per heavy atom. The zero-order valence-electron chi connectivity index (χ0n) is 22.8. The average molecular weight is 632 g/mol. The van der Waals surface area contributed by atoms with Crippen LogP contribution in [0.2, 0.25) is 0 Å². The molecule has 3 aromatic rings. The van der Waals surface area contributed by atoms with Gasteiger partial charge in [0.05, 0.1) is 23.8 Å². The molecule has 0 unspecified atom stereocenters. The SMILES string of the molecule is COc1c(O)cc2c(c1O)[C@@H]1O[C@H](COC(=O)c3cc(O)c(O)c(O)c3)[C@@H](OC(=O)c3cc(O)c(O)c(O)c3)[C@H](O)[C@H]1OC2=O. The van der Waals surface area contributed by atoms with Crippen LogP contribution in [0.5, 0.6) is 51.7 Å². The number of rotatable bonds is 6. The fourth-order valence-electron chi connectivity index (χ4n) is 4.95. The van der Waals surface area contributed by atoms with Gasteiger partial charge in [0.15, 0.2) is 58.2 Å². The van der Waals surface area contributed by atoms with Crippen molar-refractivity contribution < 1.29 is 84.0 Å². The van der Waals surface area contributed by atoms with Crippen LogP contribution in [0.4, 0.5) is 0 Å². The number of aliphatic hydroxyl groups excluding tert-OH is 1. The molecule has 2 aliphatic rings. The van der Waals surface area contributed by atoms with E-state index in [9.17, 15) is 60.3 Å². The first kappa shape index (κ1) is 30.6. The zero-order chi connectivity index (χ0) is 32.9. The lowest BCUT2D eigenvalue weighted by Gasteiger charge is -2.45. The maximum Gasteiger partial charge on any atom is 0.339 e. The topological polar surface area (TPSA) is 279 Å². The lowest BCUT2D eigenvalue weighted by atomic mass is 9.86. The maximum atomic E-state index is 13.0. The molecular weight excluding hydrogens is 608 g/mol. The van der Waals surface area contributed by atoms with Crippen LogP contribution >= 0.6 is 0 Å². The Kier molecular flexibility index (Phi) is 7.73. The third-order valence-corrected chi connectivity index (χ3v) is 7.12. The van der Waals surface area contributed by atoms with Crippen molar-refractivity contribution in [2.45, 2.75) is 30.5 Å².